The minimum Gasteiger partial charge on any atom is -0.496 e. The van der Waals surface area contributed by atoms with Crippen molar-refractivity contribution >= 4 is 45.8 Å². The van der Waals surface area contributed by atoms with Crippen LogP contribution in [0.2, 0.25) is 0 Å². The van der Waals surface area contributed by atoms with E-state index >= 15 is 0 Å². The summed E-state index contributed by atoms with van der Waals surface area (Å²) in [5, 5.41) is 6.84. The van der Waals surface area contributed by atoms with Crippen LogP contribution in [0.1, 0.15) is 57.0 Å². The van der Waals surface area contributed by atoms with Crippen molar-refractivity contribution in [2.75, 3.05) is 26.1 Å². The maximum atomic E-state index is 12.7. The maximum absolute atomic E-state index is 12.7. The number of hydrogen-bond donors (Lipinski definition) is 2. The smallest absolute Gasteiger partial charge is 0.347 e. The van der Waals surface area contributed by atoms with Crippen LogP contribution in [-0.4, -0.2) is 50.3 Å². The molecule has 41 heavy (non-hydrogen) atoms. The molecule has 1 aliphatic carbocycles. The summed E-state index contributed by atoms with van der Waals surface area (Å²) in [4.78, 5) is 51.3. The summed E-state index contributed by atoms with van der Waals surface area (Å²) in [6, 6.07) is 11.4. The number of hydrogen-bond acceptors (Lipinski definition) is 10. The molecule has 2 amide bonds. The van der Waals surface area contributed by atoms with Crippen LogP contribution < -0.4 is 25.0 Å². The zero-order valence-electron chi connectivity index (χ0n) is 23.0. The number of benzene rings is 2. The lowest BCUT2D eigenvalue weighted by molar-refractivity contribution is -0.136. The molecule has 0 saturated carbocycles. The van der Waals surface area contributed by atoms with E-state index < -0.39 is 23.8 Å². The highest BCUT2D eigenvalue weighted by molar-refractivity contribution is 7.17. The fourth-order valence-corrected chi connectivity index (χ4v) is 5.54. The monoisotopic (exact) mass is 579 g/mol. The van der Waals surface area contributed by atoms with Gasteiger partial charge in [-0.15, -0.1) is 11.3 Å². The maximum Gasteiger partial charge on any atom is 0.347 e. The van der Waals surface area contributed by atoms with E-state index in [1.54, 1.807) is 50.2 Å². The summed E-state index contributed by atoms with van der Waals surface area (Å²) >= 11 is 1.27. The van der Waals surface area contributed by atoms with Crippen LogP contribution in [0.15, 0.2) is 47.6 Å². The summed E-state index contributed by atoms with van der Waals surface area (Å²) in [6.45, 7) is 3.52. The second-order valence-corrected chi connectivity index (χ2v) is 9.93. The number of amides is 2. The zero-order chi connectivity index (χ0) is 29.5. The summed E-state index contributed by atoms with van der Waals surface area (Å²) in [5.74, 6) is -2.34. The molecule has 0 saturated heterocycles. The highest BCUT2D eigenvalue weighted by Crippen LogP contribution is 2.39. The van der Waals surface area contributed by atoms with Gasteiger partial charge in [0.25, 0.3) is 0 Å². The molecule has 0 radical (unpaired) electrons. The Labute approximate surface area is 240 Å². The number of carbonyl (C=O) groups is 4. The number of aryl methyl sites for hydroxylation is 1. The van der Waals surface area contributed by atoms with Crippen LogP contribution in [0.3, 0.4) is 0 Å². The summed E-state index contributed by atoms with van der Waals surface area (Å²) < 4.78 is 21.3. The predicted octanol–water partition coefficient (Wildman–Crippen LogP) is 4.13. The number of thiophene rings is 1. The molecular formula is C29H29N3O8S. The molecule has 0 fully saturated rings. The van der Waals surface area contributed by atoms with Gasteiger partial charge in [-0.3, -0.25) is 9.59 Å². The Morgan fingerprint density at radius 1 is 0.927 bits per heavy atom. The van der Waals surface area contributed by atoms with Gasteiger partial charge in [0.05, 0.1) is 32.1 Å². The van der Waals surface area contributed by atoms with Gasteiger partial charge in [-0.2, -0.15) is 5.10 Å². The van der Waals surface area contributed by atoms with Crippen LogP contribution in [0.4, 0.5) is 5.00 Å². The number of carbonyl (C=O) groups excluding carboxylic acids is 4. The second-order valence-electron chi connectivity index (χ2n) is 8.83. The predicted molar refractivity (Wildman–Crippen MR) is 152 cm³/mol. The fourth-order valence-electron chi connectivity index (χ4n) is 4.27. The Kier molecular flexibility index (Phi) is 9.35. The van der Waals surface area contributed by atoms with Crippen molar-refractivity contribution in [2.45, 2.75) is 33.1 Å². The first-order chi connectivity index (χ1) is 19.8. The normalized spacial score (nSPS) is 12.2. The lowest BCUT2D eigenvalue weighted by Gasteiger charge is -2.12. The number of rotatable bonds is 9. The molecule has 0 atom stereocenters. The molecule has 0 spiro atoms. The Hall–Kier alpha value is -4.71. The Morgan fingerprint density at radius 3 is 2.41 bits per heavy atom. The summed E-state index contributed by atoms with van der Waals surface area (Å²) in [5.41, 5.74) is 4.55. The van der Waals surface area contributed by atoms with Crippen molar-refractivity contribution in [2.24, 2.45) is 5.10 Å². The molecule has 0 aliphatic heterocycles. The van der Waals surface area contributed by atoms with E-state index in [9.17, 15) is 19.2 Å². The lowest BCUT2D eigenvalue weighted by Crippen LogP contribution is -2.33. The number of nitrogens with one attached hydrogen (secondary N) is 2. The largest absolute Gasteiger partial charge is 0.496 e. The molecule has 12 heteroatoms. The number of ether oxygens (including phenoxy) is 4. The van der Waals surface area contributed by atoms with Gasteiger partial charge in [-0.05, 0) is 69.0 Å². The van der Waals surface area contributed by atoms with E-state index in [4.69, 9.17) is 18.9 Å². The highest BCUT2D eigenvalue weighted by atomic mass is 32.1. The van der Waals surface area contributed by atoms with Crippen LogP contribution in [0.5, 0.6) is 17.2 Å². The van der Waals surface area contributed by atoms with Gasteiger partial charge in [-0.25, -0.2) is 15.0 Å². The molecule has 2 N–H and O–H groups in total. The van der Waals surface area contributed by atoms with Crippen molar-refractivity contribution in [3.05, 3.63) is 69.6 Å². The number of esters is 2. The van der Waals surface area contributed by atoms with Crippen molar-refractivity contribution < 1.29 is 38.1 Å². The summed E-state index contributed by atoms with van der Waals surface area (Å²) in [7, 11) is 2.88. The number of hydrazone groups is 1. The number of para-hydroxylation sites is 1. The van der Waals surface area contributed by atoms with Crippen LogP contribution in [0, 0.1) is 0 Å². The Bertz CT molecular complexity index is 1530. The van der Waals surface area contributed by atoms with E-state index in [0.717, 1.165) is 23.3 Å². The molecular weight excluding hydrogens is 550 g/mol. The molecule has 3 aromatic rings. The van der Waals surface area contributed by atoms with Gasteiger partial charge in [0.1, 0.15) is 16.3 Å². The fraction of sp³-hybridized carbons (Fsp3) is 0.276. The van der Waals surface area contributed by atoms with E-state index in [2.05, 4.69) is 15.8 Å². The standard InChI is InChI=1S/C29H29N3O8S/c1-5-39-29(36)24-19-10-8-12-23(19)41-27(24)30-25(33)26(34)32-31-16(2)17-13-14-21(22(15-17)38-4)40-28(35)18-9-6-7-11-20(18)37-3/h6-7,9,11,13-15H,5,8,10,12H2,1-4H3,(H,30,33)(H,32,34). The van der Waals surface area contributed by atoms with Gasteiger partial charge < -0.3 is 24.3 Å². The van der Waals surface area contributed by atoms with Gasteiger partial charge >= 0.3 is 23.8 Å². The average molecular weight is 580 g/mol. The van der Waals surface area contributed by atoms with Gasteiger partial charge in [0.15, 0.2) is 11.5 Å². The molecule has 1 heterocycles. The van der Waals surface area contributed by atoms with Crippen molar-refractivity contribution in [3.8, 4) is 17.2 Å². The van der Waals surface area contributed by atoms with Gasteiger partial charge in [-0.1, -0.05) is 12.1 Å². The molecule has 0 unspecified atom stereocenters. The van der Waals surface area contributed by atoms with Crippen LogP contribution in [0.25, 0.3) is 0 Å². The minimum absolute atomic E-state index is 0.170. The zero-order valence-corrected chi connectivity index (χ0v) is 23.8. The number of anilines is 1. The van der Waals surface area contributed by atoms with Crippen molar-refractivity contribution in [3.63, 3.8) is 0 Å². The molecule has 0 bridgehead atoms. The molecule has 1 aliphatic rings. The van der Waals surface area contributed by atoms with Gasteiger partial charge in [0, 0.05) is 10.4 Å². The highest BCUT2D eigenvalue weighted by Gasteiger charge is 2.29. The molecule has 214 valence electrons. The van der Waals surface area contributed by atoms with E-state index in [1.165, 1.54) is 31.6 Å². The van der Waals surface area contributed by atoms with E-state index in [1.807, 2.05) is 0 Å². The first-order valence-corrected chi connectivity index (χ1v) is 13.6. The topological polar surface area (TPSA) is 142 Å². The minimum atomic E-state index is -1.01. The number of fused-ring (bicyclic) bond motifs is 1. The Balaban J connectivity index is 1.43. The van der Waals surface area contributed by atoms with E-state index in [0.29, 0.717) is 29.0 Å². The van der Waals surface area contributed by atoms with Crippen LogP contribution >= 0.6 is 11.3 Å². The van der Waals surface area contributed by atoms with E-state index in [-0.39, 0.29) is 28.7 Å². The SMILES string of the molecule is CCOC(=O)c1c(NC(=O)C(=O)NN=C(C)c2ccc(OC(=O)c3ccccc3OC)c(OC)c2)sc2c1CCC2. The van der Waals surface area contributed by atoms with Crippen LogP contribution in [-0.2, 0) is 27.2 Å². The Morgan fingerprint density at radius 2 is 1.68 bits per heavy atom. The quantitative estimate of drug-likeness (QED) is 0.127. The number of methoxy groups -OCH3 is 2. The third-order valence-corrected chi connectivity index (χ3v) is 7.48. The average Bonchev–Trinajstić information content (AvgIpc) is 3.56. The molecule has 1 aromatic heterocycles. The van der Waals surface area contributed by atoms with Crippen molar-refractivity contribution in [1.82, 2.24) is 5.43 Å². The molecule has 11 nitrogen and oxygen atoms in total. The summed E-state index contributed by atoms with van der Waals surface area (Å²) in [6.07, 6.45) is 2.44. The first-order valence-electron chi connectivity index (χ1n) is 12.8. The molecule has 2 aromatic carbocycles. The second kappa shape index (κ2) is 13.1. The lowest BCUT2D eigenvalue weighted by atomic mass is 10.1. The third kappa shape index (κ3) is 6.55. The van der Waals surface area contributed by atoms with Crippen molar-refractivity contribution in [1.29, 1.82) is 0 Å². The molecule has 4 rings (SSSR count). The number of nitrogens with zero attached hydrogens (tertiary/aromatic N) is 1. The third-order valence-electron chi connectivity index (χ3n) is 6.27. The van der Waals surface area contributed by atoms with Gasteiger partial charge in [0.2, 0.25) is 0 Å². The first kappa shape index (κ1) is 29.3.